The summed E-state index contributed by atoms with van der Waals surface area (Å²) < 4.78 is 2.49. The van der Waals surface area contributed by atoms with E-state index in [0.717, 1.165) is 25.8 Å². The summed E-state index contributed by atoms with van der Waals surface area (Å²) in [6, 6.07) is 10.9. The van der Waals surface area contributed by atoms with Gasteiger partial charge in [0.1, 0.15) is 5.82 Å². The lowest BCUT2D eigenvalue weighted by Crippen LogP contribution is -2.03. The first-order chi connectivity index (χ1) is 14.8. The van der Waals surface area contributed by atoms with E-state index in [9.17, 15) is 0 Å². The van der Waals surface area contributed by atoms with Crippen molar-refractivity contribution in [3.05, 3.63) is 53.6 Å². The van der Waals surface area contributed by atoms with Gasteiger partial charge in [0.15, 0.2) is 0 Å². The molecule has 1 aromatic carbocycles. The van der Waals surface area contributed by atoms with Crippen LogP contribution in [0.3, 0.4) is 0 Å². The summed E-state index contributed by atoms with van der Waals surface area (Å²) in [4.78, 5) is 5.06. The van der Waals surface area contributed by atoms with E-state index in [1.807, 2.05) is 0 Å². The highest BCUT2D eigenvalue weighted by molar-refractivity contribution is 5.15. The van der Waals surface area contributed by atoms with E-state index in [2.05, 4.69) is 54.9 Å². The lowest BCUT2D eigenvalue weighted by molar-refractivity contribution is 0.532. The fourth-order valence-electron chi connectivity index (χ4n) is 4.27. The van der Waals surface area contributed by atoms with Gasteiger partial charge in [-0.2, -0.15) is 0 Å². The molecule has 0 atom stereocenters. The van der Waals surface area contributed by atoms with Crippen molar-refractivity contribution < 1.29 is 0 Å². The van der Waals surface area contributed by atoms with Crippen LogP contribution in [0.25, 0.3) is 0 Å². The molecule has 0 N–H and O–H groups in total. The molecule has 0 aliphatic rings. The van der Waals surface area contributed by atoms with E-state index >= 15 is 0 Å². The van der Waals surface area contributed by atoms with Crippen molar-refractivity contribution in [1.29, 1.82) is 0 Å². The molecule has 0 aliphatic carbocycles. The minimum Gasteiger partial charge on any atom is -0.335 e. The summed E-state index contributed by atoms with van der Waals surface area (Å²) in [5.74, 6) is 1.34. The fourth-order valence-corrected chi connectivity index (χ4v) is 4.27. The van der Waals surface area contributed by atoms with Gasteiger partial charge in [-0.1, -0.05) is 108 Å². The van der Waals surface area contributed by atoms with Crippen molar-refractivity contribution in [3.63, 3.8) is 0 Å². The Bertz CT molecular complexity index is 644. The monoisotopic (exact) mass is 410 g/mol. The van der Waals surface area contributed by atoms with Crippen LogP contribution in [0.2, 0.25) is 0 Å². The number of nitrogens with zero attached hydrogens (tertiary/aromatic N) is 2. The van der Waals surface area contributed by atoms with Crippen molar-refractivity contribution in [1.82, 2.24) is 9.55 Å². The van der Waals surface area contributed by atoms with E-state index in [1.54, 1.807) is 0 Å². The highest BCUT2D eigenvalue weighted by Crippen LogP contribution is 2.15. The summed E-state index contributed by atoms with van der Waals surface area (Å²) >= 11 is 0. The molecule has 2 heteroatoms. The van der Waals surface area contributed by atoms with Gasteiger partial charge in [0.25, 0.3) is 0 Å². The first-order valence-electron chi connectivity index (χ1n) is 12.9. The molecule has 0 aliphatic heterocycles. The molecule has 0 saturated carbocycles. The van der Waals surface area contributed by atoms with E-state index in [4.69, 9.17) is 4.98 Å². The fraction of sp³-hybridized carbons (Fsp3) is 0.679. The quantitative estimate of drug-likeness (QED) is 0.226. The van der Waals surface area contributed by atoms with Crippen LogP contribution in [0.5, 0.6) is 0 Å². The maximum absolute atomic E-state index is 5.06. The van der Waals surface area contributed by atoms with Crippen LogP contribution in [0.15, 0.2) is 36.5 Å². The molecule has 0 bridgehead atoms. The van der Waals surface area contributed by atoms with Gasteiger partial charge in [0.05, 0.1) is 5.69 Å². The van der Waals surface area contributed by atoms with E-state index < -0.39 is 0 Å². The topological polar surface area (TPSA) is 17.8 Å². The van der Waals surface area contributed by atoms with E-state index in [1.165, 1.54) is 101 Å². The van der Waals surface area contributed by atoms with Crippen molar-refractivity contribution in [2.45, 2.75) is 123 Å². The molecule has 2 rings (SSSR count). The van der Waals surface area contributed by atoms with Crippen LogP contribution in [0.4, 0.5) is 0 Å². The Labute approximate surface area is 186 Å². The van der Waals surface area contributed by atoms with E-state index in [-0.39, 0.29) is 0 Å². The second kappa shape index (κ2) is 16.2. The van der Waals surface area contributed by atoms with E-state index in [0.29, 0.717) is 0 Å². The molecule has 0 radical (unpaired) electrons. The minimum absolute atomic E-state index is 1.10. The van der Waals surface area contributed by atoms with Gasteiger partial charge in [0.2, 0.25) is 0 Å². The van der Waals surface area contributed by atoms with Crippen LogP contribution in [0, 0.1) is 0 Å². The van der Waals surface area contributed by atoms with Gasteiger partial charge in [0, 0.05) is 19.2 Å². The minimum atomic E-state index is 1.10. The molecule has 0 saturated heterocycles. The predicted octanol–water partition coefficient (Wildman–Crippen LogP) is 8.32. The van der Waals surface area contributed by atoms with Crippen molar-refractivity contribution in [3.8, 4) is 0 Å². The first kappa shape index (κ1) is 24.7. The molecule has 0 amide bonds. The predicted molar refractivity (Wildman–Crippen MR) is 131 cm³/mol. The molecule has 0 spiro atoms. The second-order valence-electron chi connectivity index (χ2n) is 8.97. The largest absolute Gasteiger partial charge is 0.335 e. The molecule has 30 heavy (non-hydrogen) atoms. The zero-order valence-electron chi connectivity index (χ0n) is 19.9. The maximum Gasteiger partial charge on any atom is 0.108 e. The van der Waals surface area contributed by atoms with Gasteiger partial charge in [-0.3, -0.25) is 0 Å². The molecule has 168 valence electrons. The van der Waals surface area contributed by atoms with Gasteiger partial charge in [-0.25, -0.2) is 4.98 Å². The zero-order chi connectivity index (χ0) is 21.3. The summed E-state index contributed by atoms with van der Waals surface area (Å²) in [5, 5.41) is 0. The van der Waals surface area contributed by atoms with Gasteiger partial charge < -0.3 is 4.57 Å². The van der Waals surface area contributed by atoms with Gasteiger partial charge in [-0.15, -0.1) is 0 Å². The van der Waals surface area contributed by atoms with Crippen molar-refractivity contribution in [2.24, 2.45) is 0 Å². The number of benzene rings is 1. The van der Waals surface area contributed by atoms with Crippen molar-refractivity contribution >= 4 is 0 Å². The Morgan fingerprint density at radius 3 is 1.97 bits per heavy atom. The first-order valence-corrected chi connectivity index (χ1v) is 12.9. The maximum atomic E-state index is 5.06. The average molecular weight is 411 g/mol. The summed E-state index contributed by atoms with van der Waals surface area (Å²) in [6.45, 7) is 5.74. The van der Waals surface area contributed by atoms with Gasteiger partial charge >= 0.3 is 0 Å². The van der Waals surface area contributed by atoms with Crippen LogP contribution in [0.1, 0.15) is 114 Å². The van der Waals surface area contributed by atoms with Crippen molar-refractivity contribution in [2.75, 3.05) is 0 Å². The Morgan fingerprint density at radius 2 is 1.27 bits per heavy atom. The normalized spacial score (nSPS) is 11.3. The molecule has 0 unspecified atom stereocenters. The molecule has 1 heterocycles. The Balaban J connectivity index is 1.79. The zero-order valence-corrected chi connectivity index (χ0v) is 19.9. The Hall–Kier alpha value is -1.57. The smallest absolute Gasteiger partial charge is 0.108 e. The molecule has 2 nitrogen and oxygen atoms in total. The number of aryl methyl sites for hydroxylation is 4. The summed E-state index contributed by atoms with van der Waals surface area (Å²) in [6.07, 6.45) is 23.3. The molecule has 1 aromatic heterocycles. The lowest BCUT2D eigenvalue weighted by atomic mass is 10.1. The third-order valence-corrected chi connectivity index (χ3v) is 6.16. The molecular weight excluding hydrogens is 364 g/mol. The lowest BCUT2D eigenvalue weighted by Gasteiger charge is -2.08. The van der Waals surface area contributed by atoms with Crippen LogP contribution in [-0.2, 0) is 25.8 Å². The van der Waals surface area contributed by atoms with Crippen LogP contribution < -0.4 is 0 Å². The summed E-state index contributed by atoms with van der Waals surface area (Å²) in [7, 11) is 0. The molecule has 0 fully saturated rings. The third-order valence-electron chi connectivity index (χ3n) is 6.16. The van der Waals surface area contributed by atoms with Gasteiger partial charge in [-0.05, 0) is 37.7 Å². The average Bonchev–Trinajstić information content (AvgIpc) is 3.15. The Morgan fingerprint density at radius 1 is 0.633 bits per heavy atom. The number of unbranched alkanes of at least 4 members (excludes halogenated alkanes) is 10. The number of hydrogen-bond acceptors (Lipinski definition) is 1. The second-order valence-corrected chi connectivity index (χ2v) is 8.97. The standard InChI is InChI=1S/C28H46N2/c1-3-5-7-9-10-12-17-24-30-25-27(22-18-21-26-19-14-13-15-20-26)29-28(30)23-16-11-8-6-4-2/h13-15,19-20,25H,3-12,16-18,21-24H2,1-2H3. The number of aromatic nitrogens is 2. The highest BCUT2D eigenvalue weighted by Gasteiger charge is 2.08. The third kappa shape index (κ3) is 10.5. The highest BCUT2D eigenvalue weighted by atomic mass is 15.1. The Kier molecular flexibility index (Phi) is 13.3. The molecule has 2 aromatic rings. The van der Waals surface area contributed by atoms with Crippen LogP contribution in [-0.4, -0.2) is 9.55 Å². The summed E-state index contributed by atoms with van der Waals surface area (Å²) in [5.41, 5.74) is 2.74. The number of hydrogen-bond donors (Lipinski definition) is 0. The number of imidazole rings is 1. The van der Waals surface area contributed by atoms with Crippen LogP contribution >= 0.6 is 0 Å². The molecular formula is C28H46N2. The number of rotatable bonds is 18. The SMILES string of the molecule is CCCCCCCCCn1cc(CCCc2ccccc2)nc1CCCCCCC.